The Hall–Kier alpha value is -3.06. The number of carbonyl (C=O) groups is 2. The third-order valence-electron chi connectivity index (χ3n) is 8.28. The molecule has 4 aliphatic rings. The molecule has 6 rings (SSSR count). The van der Waals surface area contributed by atoms with Crippen LogP contribution in [0.15, 0.2) is 48.5 Å². The Morgan fingerprint density at radius 2 is 1.71 bits per heavy atom. The molecule has 0 saturated carbocycles. The Morgan fingerprint density at radius 3 is 2.46 bits per heavy atom. The van der Waals surface area contributed by atoms with E-state index in [2.05, 4.69) is 35.0 Å². The zero-order chi connectivity index (χ0) is 23.9. The number of piperidine rings is 1. The molecule has 2 aromatic rings. The summed E-state index contributed by atoms with van der Waals surface area (Å²) < 4.78 is 5.69. The Labute approximate surface area is 207 Å². The molecule has 7 nitrogen and oxygen atoms in total. The first-order valence-corrected chi connectivity index (χ1v) is 12.9. The number of fused-ring (bicyclic) bond motifs is 5. The van der Waals surface area contributed by atoms with Crippen molar-refractivity contribution in [1.29, 1.82) is 0 Å². The summed E-state index contributed by atoms with van der Waals surface area (Å²) in [6, 6.07) is 16.7. The Kier molecular flexibility index (Phi) is 5.88. The number of nitrogens with zero attached hydrogens (tertiary/aromatic N) is 4. The fraction of sp³-hybridized carbons (Fsp3) is 0.500. The molecule has 1 aliphatic carbocycles. The average Bonchev–Trinajstić information content (AvgIpc) is 3.16. The molecule has 3 heterocycles. The van der Waals surface area contributed by atoms with Crippen LogP contribution in [0.25, 0.3) is 0 Å². The van der Waals surface area contributed by atoms with Gasteiger partial charge in [-0.1, -0.05) is 36.4 Å². The minimum atomic E-state index is -0.218. The van der Waals surface area contributed by atoms with Crippen molar-refractivity contribution in [3.05, 3.63) is 65.2 Å². The Morgan fingerprint density at radius 1 is 0.943 bits per heavy atom. The van der Waals surface area contributed by atoms with E-state index in [9.17, 15) is 9.59 Å². The highest BCUT2D eigenvalue weighted by Gasteiger charge is 2.42. The lowest BCUT2D eigenvalue weighted by Gasteiger charge is -2.42. The van der Waals surface area contributed by atoms with Gasteiger partial charge in [0.2, 0.25) is 5.91 Å². The van der Waals surface area contributed by atoms with Gasteiger partial charge < -0.3 is 24.3 Å². The number of likely N-dealkylation sites (tertiary alicyclic amines) is 2. The first-order chi connectivity index (χ1) is 17.1. The number of hydrogen-bond donors (Lipinski definition) is 0. The van der Waals surface area contributed by atoms with Crippen molar-refractivity contribution < 1.29 is 14.3 Å². The van der Waals surface area contributed by atoms with Crippen LogP contribution in [0.4, 0.5) is 10.5 Å². The van der Waals surface area contributed by atoms with E-state index < -0.39 is 0 Å². The standard InChI is InChI=1S/C28H34N4O3/c1-29-17-22(18-29)27(33)31-13-11-30(12-14-31)23-7-8-24-21-9-10-32(26(15-21)25(24)16-23)28(34)35-19-20-5-3-2-4-6-20/h2-8,16,21-22,26H,9-15,17-19H2,1H3/t21-,26+/m1/s1. The highest BCUT2D eigenvalue weighted by atomic mass is 16.6. The van der Waals surface area contributed by atoms with Gasteiger partial charge in [0.05, 0.1) is 12.0 Å². The van der Waals surface area contributed by atoms with Crippen LogP contribution in [-0.4, -0.2) is 79.6 Å². The minimum Gasteiger partial charge on any atom is -0.445 e. The smallest absolute Gasteiger partial charge is 0.410 e. The highest BCUT2D eigenvalue weighted by molar-refractivity contribution is 5.80. The molecular weight excluding hydrogens is 440 g/mol. The molecule has 0 aromatic heterocycles. The summed E-state index contributed by atoms with van der Waals surface area (Å²) >= 11 is 0. The second kappa shape index (κ2) is 9.19. The van der Waals surface area contributed by atoms with Crippen LogP contribution in [0.3, 0.4) is 0 Å². The molecule has 0 N–H and O–H groups in total. The van der Waals surface area contributed by atoms with Crippen molar-refractivity contribution in [2.75, 3.05) is 57.8 Å². The van der Waals surface area contributed by atoms with Crippen LogP contribution in [0.2, 0.25) is 0 Å². The lowest BCUT2D eigenvalue weighted by Crippen LogP contribution is -2.56. The van der Waals surface area contributed by atoms with Gasteiger partial charge in [-0.3, -0.25) is 4.79 Å². The fourth-order valence-corrected chi connectivity index (χ4v) is 6.28. The van der Waals surface area contributed by atoms with Gasteiger partial charge in [-0.15, -0.1) is 0 Å². The van der Waals surface area contributed by atoms with Crippen molar-refractivity contribution in [3.8, 4) is 0 Å². The summed E-state index contributed by atoms with van der Waals surface area (Å²) in [5.41, 5.74) is 4.87. The van der Waals surface area contributed by atoms with E-state index in [0.29, 0.717) is 18.4 Å². The molecule has 35 heavy (non-hydrogen) atoms. The van der Waals surface area contributed by atoms with E-state index >= 15 is 0 Å². The highest BCUT2D eigenvalue weighted by Crippen LogP contribution is 2.50. The van der Waals surface area contributed by atoms with Crippen molar-refractivity contribution in [2.24, 2.45) is 5.92 Å². The first kappa shape index (κ1) is 22.4. The minimum absolute atomic E-state index is 0.0884. The van der Waals surface area contributed by atoms with E-state index in [1.165, 1.54) is 16.8 Å². The summed E-state index contributed by atoms with van der Waals surface area (Å²) in [6.07, 6.45) is 1.75. The van der Waals surface area contributed by atoms with Crippen LogP contribution in [0.1, 0.15) is 41.5 Å². The maximum Gasteiger partial charge on any atom is 0.410 e. The van der Waals surface area contributed by atoms with Gasteiger partial charge >= 0.3 is 6.09 Å². The summed E-state index contributed by atoms with van der Waals surface area (Å²) in [4.78, 5) is 34.3. The van der Waals surface area contributed by atoms with Gasteiger partial charge in [0, 0.05) is 51.5 Å². The Balaban J connectivity index is 1.11. The maximum atomic E-state index is 13.0. The molecule has 184 valence electrons. The quantitative estimate of drug-likeness (QED) is 0.679. The van der Waals surface area contributed by atoms with Crippen LogP contribution >= 0.6 is 0 Å². The molecule has 3 saturated heterocycles. The molecule has 2 amide bonds. The summed E-state index contributed by atoms with van der Waals surface area (Å²) in [6.45, 7) is 6.07. The molecule has 3 aliphatic heterocycles. The van der Waals surface area contributed by atoms with Crippen LogP contribution in [-0.2, 0) is 16.1 Å². The van der Waals surface area contributed by atoms with E-state index in [0.717, 1.165) is 64.2 Å². The SMILES string of the molecule is CN1CC(C(=O)N2CCN(c3ccc4c(c3)[C@@H]3C[C@H]4CCN3C(=O)OCc3ccccc3)CC2)C1. The van der Waals surface area contributed by atoms with Crippen LogP contribution in [0.5, 0.6) is 0 Å². The molecule has 2 aromatic carbocycles. The molecule has 7 heteroatoms. The number of rotatable bonds is 4. The second-order valence-corrected chi connectivity index (χ2v) is 10.5. The molecule has 2 bridgehead atoms. The molecule has 0 radical (unpaired) electrons. The number of carbonyl (C=O) groups excluding carboxylic acids is 2. The van der Waals surface area contributed by atoms with E-state index in [-0.39, 0.29) is 18.1 Å². The average molecular weight is 475 g/mol. The van der Waals surface area contributed by atoms with E-state index in [4.69, 9.17) is 4.74 Å². The summed E-state index contributed by atoms with van der Waals surface area (Å²) in [5, 5.41) is 0. The number of piperazine rings is 1. The third kappa shape index (κ3) is 4.27. The van der Waals surface area contributed by atoms with Crippen molar-refractivity contribution in [3.63, 3.8) is 0 Å². The number of benzene rings is 2. The topological polar surface area (TPSA) is 56.3 Å². The molecule has 0 unspecified atom stereocenters. The van der Waals surface area contributed by atoms with Gasteiger partial charge in [-0.2, -0.15) is 0 Å². The predicted octanol–water partition coefficient (Wildman–Crippen LogP) is 3.47. The molecule has 0 spiro atoms. The van der Waals surface area contributed by atoms with Crippen molar-refractivity contribution in [1.82, 2.24) is 14.7 Å². The van der Waals surface area contributed by atoms with Gasteiger partial charge in [-0.25, -0.2) is 4.79 Å². The summed E-state index contributed by atoms with van der Waals surface area (Å²) in [5.74, 6) is 1.02. The van der Waals surface area contributed by atoms with E-state index in [1.807, 2.05) is 40.1 Å². The normalized spacial score (nSPS) is 24.2. The van der Waals surface area contributed by atoms with Gasteiger partial charge in [0.1, 0.15) is 6.61 Å². The van der Waals surface area contributed by atoms with E-state index in [1.54, 1.807) is 0 Å². The fourth-order valence-electron chi connectivity index (χ4n) is 6.28. The largest absolute Gasteiger partial charge is 0.445 e. The predicted molar refractivity (Wildman–Crippen MR) is 134 cm³/mol. The van der Waals surface area contributed by atoms with Crippen LogP contribution < -0.4 is 4.90 Å². The zero-order valence-corrected chi connectivity index (χ0v) is 20.4. The zero-order valence-electron chi connectivity index (χ0n) is 20.4. The van der Waals surface area contributed by atoms with Crippen LogP contribution in [0, 0.1) is 5.92 Å². The Bertz CT molecular complexity index is 1090. The van der Waals surface area contributed by atoms with Gasteiger partial charge in [0.25, 0.3) is 0 Å². The number of amides is 2. The molecule has 2 atom stereocenters. The maximum absolute atomic E-state index is 13.0. The third-order valence-corrected chi connectivity index (χ3v) is 8.28. The lowest BCUT2D eigenvalue weighted by atomic mass is 9.95. The number of hydrogen-bond acceptors (Lipinski definition) is 5. The van der Waals surface area contributed by atoms with Crippen molar-refractivity contribution in [2.45, 2.75) is 31.4 Å². The van der Waals surface area contributed by atoms with Crippen molar-refractivity contribution >= 4 is 17.7 Å². The first-order valence-electron chi connectivity index (χ1n) is 12.9. The van der Waals surface area contributed by atoms with Gasteiger partial charge in [-0.05, 0) is 54.6 Å². The lowest BCUT2D eigenvalue weighted by molar-refractivity contribution is -0.140. The second-order valence-electron chi connectivity index (χ2n) is 10.5. The molecular formula is C28H34N4O3. The monoisotopic (exact) mass is 474 g/mol. The number of anilines is 1. The summed E-state index contributed by atoms with van der Waals surface area (Å²) in [7, 11) is 2.06. The van der Waals surface area contributed by atoms with Gasteiger partial charge in [0.15, 0.2) is 0 Å². The number of ether oxygens (including phenoxy) is 1. The molecule has 3 fully saturated rings.